The van der Waals surface area contributed by atoms with E-state index < -0.39 is 17.5 Å². The van der Waals surface area contributed by atoms with Gasteiger partial charge >= 0.3 is 6.09 Å². The predicted molar refractivity (Wildman–Crippen MR) is 149 cm³/mol. The summed E-state index contributed by atoms with van der Waals surface area (Å²) in [7, 11) is 1.31. The number of amides is 2. The minimum absolute atomic E-state index is 0.0625. The van der Waals surface area contributed by atoms with Gasteiger partial charge in [0.25, 0.3) is 0 Å². The van der Waals surface area contributed by atoms with Gasteiger partial charge in [0.15, 0.2) is 0 Å². The first-order valence-corrected chi connectivity index (χ1v) is 14.2. The van der Waals surface area contributed by atoms with E-state index in [2.05, 4.69) is 17.0 Å². The molecule has 39 heavy (non-hydrogen) atoms. The van der Waals surface area contributed by atoms with Crippen LogP contribution >= 0.6 is 0 Å². The van der Waals surface area contributed by atoms with Gasteiger partial charge in [0.2, 0.25) is 5.91 Å². The highest BCUT2D eigenvalue weighted by Gasteiger charge is 2.44. The number of alkyl carbamates (subject to hydrolysis) is 1. The number of piperidine rings is 1. The van der Waals surface area contributed by atoms with Gasteiger partial charge in [0.05, 0.1) is 12.7 Å². The van der Waals surface area contributed by atoms with Gasteiger partial charge < -0.3 is 25.8 Å². The zero-order valence-corrected chi connectivity index (χ0v) is 23.1. The van der Waals surface area contributed by atoms with Crippen LogP contribution in [0.5, 0.6) is 0 Å². The molecular weight excluding hydrogens is 497 g/mol. The van der Waals surface area contributed by atoms with Crippen molar-refractivity contribution in [3.8, 4) is 11.1 Å². The van der Waals surface area contributed by atoms with E-state index in [4.69, 9.17) is 5.73 Å². The Morgan fingerprint density at radius 1 is 1.21 bits per heavy atom. The van der Waals surface area contributed by atoms with E-state index in [1.54, 1.807) is 6.07 Å². The summed E-state index contributed by atoms with van der Waals surface area (Å²) in [5, 5.41) is 15.2. The van der Waals surface area contributed by atoms with Crippen molar-refractivity contribution in [3.63, 3.8) is 0 Å². The van der Waals surface area contributed by atoms with E-state index >= 15 is 4.39 Å². The van der Waals surface area contributed by atoms with Crippen molar-refractivity contribution in [2.45, 2.75) is 69.9 Å². The number of carbonyl (C=O) groups is 2. The number of methoxy groups -OCH3 is 1. The third-order valence-electron chi connectivity index (χ3n) is 8.52. The first kappa shape index (κ1) is 29.0. The fourth-order valence-corrected chi connectivity index (χ4v) is 6.37. The molecule has 1 aliphatic carbocycles. The topological polar surface area (TPSA) is 105 Å². The van der Waals surface area contributed by atoms with Gasteiger partial charge in [0.1, 0.15) is 5.82 Å². The van der Waals surface area contributed by atoms with E-state index in [-0.39, 0.29) is 23.8 Å². The summed E-state index contributed by atoms with van der Waals surface area (Å²) in [6, 6.07) is 12.7. The normalized spacial score (nSPS) is 22.8. The molecule has 0 radical (unpaired) electrons. The van der Waals surface area contributed by atoms with Crippen LogP contribution in [0.4, 0.5) is 9.18 Å². The zero-order chi connectivity index (χ0) is 28.0. The van der Waals surface area contributed by atoms with E-state index in [0.29, 0.717) is 56.4 Å². The maximum Gasteiger partial charge on any atom is 0.406 e. The summed E-state index contributed by atoms with van der Waals surface area (Å²) in [5.41, 5.74) is 7.39. The number of nitrogens with one attached hydrogen (secondary N) is 1. The van der Waals surface area contributed by atoms with Crippen LogP contribution in [0.3, 0.4) is 0 Å². The molecule has 1 aliphatic heterocycles. The van der Waals surface area contributed by atoms with E-state index in [0.717, 1.165) is 36.8 Å². The lowest BCUT2D eigenvalue weighted by Crippen LogP contribution is -2.49. The third-order valence-corrected chi connectivity index (χ3v) is 8.52. The van der Waals surface area contributed by atoms with Gasteiger partial charge in [-0.05, 0) is 74.1 Å². The van der Waals surface area contributed by atoms with Crippen LogP contribution in [0.1, 0.15) is 63.0 Å². The molecule has 0 aromatic heterocycles. The van der Waals surface area contributed by atoms with Crippen LogP contribution in [0, 0.1) is 17.7 Å². The third kappa shape index (κ3) is 6.61. The zero-order valence-electron chi connectivity index (χ0n) is 23.1. The van der Waals surface area contributed by atoms with Gasteiger partial charge in [0, 0.05) is 43.1 Å². The Morgan fingerprint density at radius 3 is 2.72 bits per heavy atom. The molecule has 1 saturated carbocycles. The van der Waals surface area contributed by atoms with Gasteiger partial charge in [-0.1, -0.05) is 43.3 Å². The van der Waals surface area contributed by atoms with Crippen molar-refractivity contribution >= 4 is 12.0 Å². The second kappa shape index (κ2) is 12.9. The Hall–Kier alpha value is -2.97. The van der Waals surface area contributed by atoms with Crippen molar-refractivity contribution in [1.82, 2.24) is 10.2 Å². The van der Waals surface area contributed by atoms with Crippen molar-refractivity contribution in [2.24, 2.45) is 17.6 Å². The van der Waals surface area contributed by atoms with Gasteiger partial charge in [-0.25, -0.2) is 9.18 Å². The van der Waals surface area contributed by atoms with E-state index in [1.807, 2.05) is 35.2 Å². The second-order valence-corrected chi connectivity index (χ2v) is 11.1. The Morgan fingerprint density at radius 2 is 2.00 bits per heavy atom. The summed E-state index contributed by atoms with van der Waals surface area (Å²) in [6.07, 6.45) is 4.84. The number of aliphatic hydroxyl groups is 1. The van der Waals surface area contributed by atoms with Crippen LogP contribution in [0.25, 0.3) is 11.1 Å². The van der Waals surface area contributed by atoms with Gasteiger partial charge in [-0.3, -0.25) is 4.79 Å². The average Bonchev–Trinajstić information content (AvgIpc) is 3.40. The minimum Gasteiger partial charge on any atom is -0.453 e. The standard InChI is InChI=1S/C31H42FN3O4/c1-3-21-8-4-9-22(18-21)28-26(11-5-12-27(28)32)31(38,15-7-16-34-30(37)39-2)24-10-6-17-35(20-24)29(36)23-13-14-25(33)19-23/h4-5,8-9,11-12,18,23-25,38H,3,6-7,10,13-17,19-20,33H2,1-2H3,(H,34,37)/t23-,24-,25+,31+/m1/s1. The summed E-state index contributed by atoms with van der Waals surface area (Å²) in [6.45, 7) is 3.41. The molecule has 4 rings (SSSR count). The van der Waals surface area contributed by atoms with Crippen molar-refractivity contribution in [2.75, 3.05) is 26.7 Å². The van der Waals surface area contributed by atoms with Crippen LogP contribution in [0.2, 0.25) is 0 Å². The number of ether oxygens (including phenoxy) is 1. The lowest BCUT2D eigenvalue weighted by atomic mass is 9.72. The van der Waals surface area contributed by atoms with Gasteiger partial charge in [-0.2, -0.15) is 0 Å². The first-order valence-electron chi connectivity index (χ1n) is 14.2. The summed E-state index contributed by atoms with van der Waals surface area (Å²) < 4.78 is 20.3. The van der Waals surface area contributed by atoms with Crippen molar-refractivity contribution < 1.29 is 23.8 Å². The maximum absolute atomic E-state index is 15.6. The second-order valence-electron chi connectivity index (χ2n) is 11.1. The number of nitrogens with two attached hydrogens (primary N) is 1. The van der Waals surface area contributed by atoms with E-state index in [1.165, 1.54) is 13.2 Å². The number of likely N-dealkylation sites (tertiary alicyclic amines) is 1. The Labute approximate surface area is 230 Å². The minimum atomic E-state index is -1.41. The average molecular weight is 540 g/mol. The molecule has 2 aliphatic rings. The molecule has 4 atom stereocenters. The maximum atomic E-state index is 15.6. The number of hydrogen-bond donors (Lipinski definition) is 3. The smallest absolute Gasteiger partial charge is 0.406 e. The lowest BCUT2D eigenvalue weighted by molar-refractivity contribution is -0.140. The van der Waals surface area contributed by atoms with Gasteiger partial charge in [-0.15, -0.1) is 0 Å². The fraction of sp³-hybridized carbons (Fsp3) is 0.548. The Balaban J connectivity index is 1.69. The number of rotatable bonds is 9. The summed E-state index contributed by atoms with van der Waals surface area (Å²) >= 11 is 0. The van der Waals surface area contributed by atoms with Crippen LogP contribution < -0.4 is 11.1 Å². The van der Waals surface area contributed by atoms with Crippen LogP contribution in [-0.2, 0) is 21.6 Å². The molecule has 8 heteroatoms. The molecule has 212 valence electrons. The highest BCUT2D eigenvalue weighted by molar-refractivity contribution is 5.79. The molecule has 4 N–H and O–H groups in total. The molecule has 2 aromatic carbocycles. The SMILES string of the molecule is CCc1cccc(-c2c(F)cccc2[C@](O)(CCCNC(=O)OC)[C@@H]2CCCN(C(=O)[C@@H]3CC[C@H](N)C3)C2)c1. The highest BCUT2D eigenvalue weighted by atomic mass is 19.1. The predicted octanol–water partition coefficient (Wildman–Crippen LogP) is 4.74. The monoisotopic (exact) mass is 539 g/mol. The molecule has 0 spiro atoms. The molecule has 2 fully saturated rings. The molecule has 2 amide bonds. The molecule has 1 heterocycles. The number of benzene rings is 2. The number of hydrogen-bond acceptors (Lipinski definition) is 5. The highest BCUT2D eigenvalue weighted by Crippen LogP contribution is 2.44. The van der Waals surface area contributed by atoms with Crippen LogP contribution in [-0.4, -0.2) is 54.8 Å². The fourth-order valence-electron chi connectivity index (χ4n) is 6.37. The molecule has 2 aromatic rings. The van der Waals surface area contributed by atoms with Crippen molar-refractivity contribution in [3.05, 3.63) is 59.4 Å². The van der Waals surface area contributed by atoms with Crippen molar-refractivity contribution in [1.29, 1.82) is 0 Å². The Kier molecular flexibility index (Phi) is 9.62. The van der Waals surface area contributed by atoms with Crippen LogP contribution in [0.15, 0.2) is 42.5 Å². The summed E-state index contributed by atoms with van der Waals surface area (Å²) in [4.78, 5) is 26.9. The molecule has 7 nitrogen and oxygen atoms in total. The number of carbonyl (C=O) groups excluding carboxylic acids is 2. The largest absolute Gasteiger partial charge is 0.453 e. The quantitative estimate of drug-likeness (QED) is 0.399. The number of aryl methyl sites for hydroxylation is 1. The number of halogens is 1. The number of nitrogens with zero attached hydrogens (tertiary/aromatic N) is 1. The molecule has 1 saturated heterocycles. The van der Waals surface area contributed by atoms with E-state index in [9.17, 15) is 14.7 Å². The molecular formula is C31H42FN3O4. The Bertz CT molecular complexity index is 1160. The summed E-state index contributed by atoms with van der Waals surface area (Å²) in [5.74, 6) is -0.649. The molecule has 0 bridgehead atoms. The lowest BCUT2D eigenvalue weighted by Gasteiger charge is -2.44. The first-order chi connectivity index (χ1) is 18.8. The molecule has 0 unspecified atom stereocenters.